The predicted octanol–water partition coefficient (Wildman–Crippen LogP) is 3.21. The number of hydrogen-bond acceptors (Lipinski definition) is 4. The molecule has 152 valence electrons. The van der Waals surface area contributed by atoms with Crippen molar-refractivity contribution in [2.45, 2.75) is 32.9 Å². The number of benzene rings is 1. The van der Waals surface area contributed by atoms with Crippen molar-refractivity contribution >= 4 is 35.8 Å². The van der Waals surface area contributed by atoms with E-state index in [1.165, 1.54) is 5.56 Å². The molecule has 0 spiro atoms. The summed E-state index contributed by atoms with van der Waals surface area (Å²) >= 11 is 0. The maximum Gasteiger partial charge on any atom is 0.191 e. The number of aromatic nitrogens is 1. The average Bonchev–Trinajstić information content (AvgIpc) is 3.13. The number of guanidine groups is 1. The van der Waals surface area contributed by atoms with Gasteiger partial charge in [0, 0.05) is 39.3 Å². The van der Waals surface area contributed by atoms with Crippen molar-refractivity contribution in [3.63, 3.8) is 0 Å². The van der Waals surface area contributed by atoms with Gasteiger partial charge in [-0.1, -0.05) is 24.3 Å². The summed E-state index contributed by atoms with van der Waals surface area (Å²) in [6.07, 6.45) is 2.98. The summed E-state index contributed by atoms with van der Waals surface area (Å²) in [5.74, 6) is 2.78. The number of rotatable bonds is 7. The summed E-state index contributed by atoms with van der Waals surface area (Å²) in [4.78, 5) is 11.1. The van der Waals surface area contributed by atoms with Crippen molar-refractivity contribution < 1.29 is 4.74 Å². The predicted molar refractivity (Wildman–Crippen MR) is 126 cm³/mol. The van der Waals surface area contributed by atoms with Crippen LogP contribution < -0.4 is 20.3 Å². The van der Waals surface area contributed by atoms with E-state index in [0.29, 0.717) is 13.1 Å². The van der Waals surface area contributed by atoms with Crippen LogP contribution in [-0.2, 0) is 13.0 Å². The number of para-hydroxylation sites is 1. The van der Waals surface area contributed by atoms with E-state index < -0.39 is 0 Å². The van der Waals surface area contributed by atoms with Crippen LogP contribution in [0.1, 0.15) is 25.0 Å². The molecule has 1 atom stereocenters. The Morgan fingerprint density at radius 3 is 2.61 bits per heavy atom. The maximum absolute atomic E-state index is 5.96. The van der Waals surface area contributed by atoms with Crippen molar-refractivity contribution in [2.24, 2.45) is 4.99 Å². The van der Waals surface area contributed by atoms with E-state index in [1.54, 1.807) is 7.05 Å². The van der Waals surface area contributed by atoms with E-state index in [0.717, 1.165) is 42.6 Å². The number of hydrogen-bond donors (Lipinski definition) is 2. The molecule has 2 N–H and O–H groups in total. The lowest BCUT2D eigenvalue weighted by Gasteiger charge is -2.20. The minimum absolute atomic E-state index is 0. The van der Waals surface area contributed by atoms with E-state index in [2.05, 4.69) is 63.6 Å². The Labute approximate surface area is 184 Å². The molecule has 0 saturated heterocycles. The van der Waals surface area contributed by atoms with E-state index in [9.17, 15) is 0 Å². The maximum atomic E-state index is 5.96. The summed E-state index contributed by atoms with van der Waals surface area (Å²) in [5, 5.41) is 6.69. The number of ether oxygens (including phenoxy) is 1. The number of anilines is 1. The minimum atomic E-state index is 0. The van der Waals surface area contributed by atoms with Crippen molar-refractivity contribution in [1.82, 2.24) is 15.6 Å². The molecule has 1 unspecified atom stereocenters. The zero-order valence-electron chi connectivity index (χ0n) is 16.8. The topological polar surface area (TPSA) is 61.8 Å². The zero-order valence-corrected chi connectivity index (χ0v) is 19.1. The molecule has 0 bridgehead atoms. The number of fused-ring (bicyclic) bond motifs is 1. The van der Waals surface area contributed by atoms with Gasteiger partial charge in [0.15, 0.2) is 5.96 Å². The third-order valence-electron chi connectivity index (χ3n) is 4.79. The third-order valence-corrected chi connectivity index (χ3v) is 4.79. The molecule has 0 amide bonds. The van der Waals surface area contributed by atoms with Crippen LogP contribution in [0.3, 0.4) is 0 Å². The number of aliphatic imine (C=N–C) groups is 1. The van der Waals surface area contributed by atoms with Crippen LogP contribution in [0.25, 0.3) is 0 Å². The van der Waals surface area contributed by atoms with Crippen LogP contribution in [0.5, 0.6) is 5.75 Å². The summed E-state index contributed by atoms with van der Waals surface area (Å²) < 4.78 is 5.96. The molecule has 2 heterocycles. The first-order chi connectivity index (χ1) is 13.2. The van der Waals surface area contributed by atoms with Gasteiger partial charge in [-0.25, -0.2) is 4.98 Å². The molecule has 0 saturated carbocycles. The summed E-state index contributed by atoms with van der Waals surface area (Å²) in [6.45, 7) is 7.60. The molecule has 28 heavy (non-hydrogen) atoms. The molecule has 2 aromatic rings. The largest absolute Gasteiger partial charge is 0.488 e. The number of nitrogens with one attached hydrogen (secondary N) is 2. The van der Waals surface area contributed by atoms with Crippen LogP contribution in [0, 0.1) is 0 Å². The molecule has 0 fully saturated rings. The van der Waals surface area contributed by atoms with Gasteiger partial charge in [-0.2, -0.15) is 0 Å². The van der Waals surface area contributed by atoms with E-state index in [4.69, 9.17) is 4.74 Å². The van der Waals surface area contributed by atoms with Crippen molar-refractivity contribution in [3.05, 3.63) is 53.7 Å². The fourth-order valence-electron chi connectivity index (χ4n) is 3.24. The Hall–Kier alpha value is -2.03. The first-order valence-corrected chi connectivity index (χ1v) is 9.62. The SMILES string of the molecule is CCN(CC)c1ccc(CNC(=NC)NCC2Cc3ccccc3O2)cn1.I. The van der Waals surface area contributed by atoms with Gasteiger partial charge in [0.2, 0.25) is 0 Å². The Morgan fingerprint density at radius 1 is 1.18 bits per heavy atom. The number of nitrogens with zero attached hydrogens (tertiary/aromatic N) is 3. The average molecular weight is 495 g/mol. The summed E-state index contributed by atoms with van der Waals surface area (Å²) in [7, 11) is 1.78. The van der Waals surface area contributed by atoms with Crippen LogP contribution in [0.2, 0.25) is 0 Å². The first-order valence-electron chi connectivity index (χ1n) is 9.62. The lowest BCUT2D eigenvalue weighted by atomic mass is 10.1. The first kappa shape index (κ1) is 22.3. The van der Waals surface area contributed by atoms with Gasteiger partial charge >= 0.3 is 0 Å². The van der Waals surface area contributed by atoms with Gasteiger partial charge in [-0.05, 0) is 37.1 Å². The standard InChI is InChI=1S/C21H29N5O.HI/c1-4-26(5-2)20-11-10-16(13-23-20)14-24-21(22-3)25-15-18-12-17-8-6-7-9-19(17)27-18;/h6-11,13,18H,4-5,12,14-15H2,1-3H3,(H2,22,24,25);1H. The molecule has 1 aromatic carbocycles. The van der Waals surface area contributed by atoms with Crippen LogP contribution in [0.15, 0.2) is 47.6 Å². The molecule has 0 radical (unpaired) electrons. The van der Waals surface area contributed by atoms with Gasteiger partial charge in [0.05, 0.1) is 6.54 Å². The highest BCUT2D eigenvalue weighted by Gasteiger charge is 2.22. The van der Waals surface area contributed by atoms with Gasteiger partial charge in [-0.15, -0.1) is 24.0 Å². The van der Waals surface area contributed by atoms with Gasteiger partial charge in [-0.3, -0.25) is 4.99 Å². The molecule has 0 aliphatic carbocycles. The zero-order chi connectivity index (χ0) is 19.1. The van der Waals surface area contributed by atoms with Crippen LogP contribution in [-0.4, -0.2) is 43.7 Å². The quantitative estimate of drug-likeness (QED) is 0.351. The lowest BCUT2D eigenvalue weighted by molar-refractivity contribution is 0.235. The molecular formula is C21H30IN5O. The second kappa shape index (κ2) is 11.1. The highest BCUT2D eigenvalue weighted by Crippen LogP contribution is 2.27. The normalized spacial score (nSPS) is 15.2. The molecule has 6 nitrogen and oxygen atoms in total. The third kappa shape index (κ3) is 5.73. The molecule has 1 aliphatic rings. The lowest BCUT2D eigenvalue weighted by Crippen LogP contribution is -2.41. The Kier molecular flexibility index (Phi) is 8.82. The van der Waals surface area contributed by atoms with E-state index in [1.807, 2.05) is 18.3 Å². The van der Waals surface area contributed by atoms with Gasteiger partial charge in [0.25, 0.3) is 0 Å². The summed E-state index contributed by atoms with van der Waals surface area (Å²) in [5.41, 5.74) is 2.39. The molecule has 7 heteroatoms. The van der Waals surface area contributed by atoms with Crippen molar-refractivity contribution in [3.8, 4) is 5.75 Å². The number of halogens is 1. The van der Waals surface area contributed by atoms with E-state index >= 15 is 0 Å². The van der Waals surface area contributed by atoms with Crippen molar-refractivity contribution in [2.75, 3.05) is 31.6 Å². The second-order valence-corrected chi connectivity index (χ2v) is 6.56. The van der Waals surface area contributed by atoms with Crippen LogP contribution in [0.4, 0.5) is 5.82 Å². The highest BCUT2D eigenvalue weighted by molar-refractivity contribution is 14.0. The Morgan fingerprint density at radius 2 is 1.96 bits per heavy atom. The monoisotopic (exact) mass is 495 g/mol. The number of pyridine rings is 1. The minimum Gasteiger partial charge on any atom is -0.488 e. The second-order valence-electron chi connectivity index (χ2n) is 6.56. The molecule has 3 rings (SSSR count). The smallest absolute Gasteiger partial charge is 0.191 e. The van der Waals surface area contributed by atoms with Gasteiger partial charge in [0.1, 0.15) is 17.7 Å². The fourth-order valence-corrected chi connectivity index (χ4v) is 3.24. The van der Waals surface area contributed by atoms with Crippen molar-refractivity contribution in [1.29, 1.82) is 0 Å². The Balaban J connectivity index is 0.00000280. The summed E-state index contributed by atoms with van der Waals surface area (Å²) in [6, 6.07) is 12.4. The molecule has 1 aromatic heterocycles. The molecule has 1 aliphatic heterocycles. The van der Waals surface area contributed by atoms with E-state index in [-0.39, 0.29) is 30.1 Å². The fraction of sp³-hybridized carbons (Fsp3) is 0.429. The Bertz CT molecular complexity index is 737. The van der Waals surface area contributed by atoms with Gasteiger partial charge < -0.3 is 20.3 Å². The highest BCUT2D eigenvalue weighted by atomic mass is 127. The molecular weight excluding hydrogens is 465 g/mol. The van der Waals surface area contributed by atoms with Crippen LogP contribution >= 0.6 is 24.0 Å².